The van der Waals surface area contributed by atoms with E-state index < -0.39 is 162 Å². The maximum absolute atomic E-state index is 11.4. The Kier molecular flexibility index (Phi) is 19.5. The Hall–Kier alpha value is -1.63. The monoisotopic (exact) mass is 807 g/mol. The summed E-state index contributed by atoms with van der Waals surface area (Å²) in [6.45, 7) is 2.57. The van der Waals surface area contributed by atoms with Crippen LogP contribution in [0.1, 0.15) is 6.92 Å². The van der Waals surface area contributed by atoms with Crippen LogP contribution in [0, 0.1) is 6.58 Å². The standard InChI is InChI=1S/C29H52O21.C3H3O2/c1-10-15(34)16(35)24(13(8-33)45-10)49-28-20(39)18(37)25(50-29-26(43-5-4-30)21(40)23(42-3)12(7-32)47-29)14(48-28)9-44-27-19(38)17(36)22(41-2)11(6-31)46-27;1-2-3(4)5/h10-40H,4-9H2,1-3H3;1-2H,(H,4,5). The molecule has 0 saturated carbocycles. The predicted octanol–water partition coefficient (Wildman–Crippen LogP) is -7.29. The number of hydrogen-bond acceptors (Lipinski definition) is 22. The molecule has 4 rings (SSSR count). The molecule has 0 aromatic carbocycles. The van der Waals surface area contributed by atoms with E-state index in [0.717, 1.165) is 0 Å². The third-order valence-corrected chi connectivity index (χ3v) is 9.46. The molecule has 1 radical (unpaired) electrons. The number of aliphatic carboxylic acids is 1. The lowest BCUT2D eigenvalue weighted by molar-refractivity contribution is -0.381. The Morgan fingerprint density at radius 2 is 1.02 bits per heavy atom. The molecule has 4 aliphatic heterocycles. The average Bonchev–Trinajstić information content (AvgIpc) is 3.17. The molecule has 4 aliphatic rings. The third-order valence-electron chi connectivity index (χ3n) is 9.46. The zero-order valence-electron chi connectivity index (χ0n) is 30.3. The Balaban J connectivity index is 0.00000152. The molecule has 0 bridgehead atoms. The zero-order valence-corrected chi connectivity index (χ0v) is 30.3. The SMILES string of the molecule is COC1C(CO)OC(OCC2OC(OC3C(CO)OC(C)C(O)C3O)C(O)C(O)C2OC2OC(CO)C(OC)C(O)C2OCCO)C(O)C1O.[CH]=CC(=O)O. The van der Waals surface area contributed by atoms with Crippen molar-refractivity contribution in [1.29, 1.82) is 0 Å². The van der Waals surface area contributed by atoms with Gasteiger partial charge in [-0.1, -0.05) is 6.58 Å². The van der Waals surface area contributed by atoms with Crippen LogP contribution >= 0.6 is 0 Å². The summed E-state index contributed by atoms with van der Waals surface area (Å²) in [5.41, 5.74) is 0. The molecule has 4 saturated heterocycles. The van der Waals surface area contributed by atoms with Gasteiger partial charge in [0.05, 0.1) is 45.7 Å². The highest BCUT2D eigenvalue weighted by atomic mass is 16.8. The van der Waals surface area contributed by atoms with Crippen molar-refractivity contribution in [1.82, 2.24) is 0 Å². The first-order valence-electron chi connectivity index (χ1n) is 17.3. The number of aliphatic hydroxyl groups excluding tert-OH is 11. The van der Waals surface area contributed by atoms with E-state index in [2.05, 4.69) is 6.58 Å². The van der Waals surface area contributed by atoms with Crippen LogP contribution in [0.15, 0.2) is 6.08 Å². The average molecular weight is 808 g/mol. The van der Waals surface area contributed by atoms with E-state index >= 15 is 0 Å². The molecule has 20 atom stereocenters. The van der Waals surface area contributed by atoms with Gasteiger partial charge in [-0.15, -0.1) is 0 Å². The number of carbonyl (C=O) groups is 1. The predicted molar refractivity (Wildman–Crippen MR) is 174 cm³/mol. The van der Waals surface area contributed by atoms with Crippen molar-refractivity contribution in [2.45, 2.75) is 130 Å². The van der Waals surface area contributed by atoms with Crippen LogP contribution in [0.25, 0.3) is 0 Å². The molecule has 20 unspecified atom stereocenters. The van der Waals surface area contributed by atoms with Crippen LogP contribution in [0.3, 0.4) is 0 Å². The smallest absolute Gasteiger partial charge is 0.328 e. The summed E-state index contributed by atoms with van der Waals surface area (Å²) in [6, 6.07) is 0. The summed E-state index contributed by atoms with van der Waals surface area (Å²) < 4.78 is 56.4. The molecule has 0 aromatic rings. The summed E-state index contributed by atoms with van der Waals surface area (Å²) in [5.74, 6) is -1.09. The quantitative estimate of drug-likeness (QED) is 0.0645. The van der Waals surface area contributed by atoms with Gasteiger partial charge < -0.3 is 109 Å². The fraction of sp³-hybridized carbons (Fsp3) is 0.906. The molecule has 23 heteroatoms. The second-order valence-electron chi connectivity index (χ2n) is 13.0. The number of aliphatic hydroxyl groups is 11. The topological polar surface area (TPSA) is 352 Å². The zero-order chi connectivity index (χ0) is 41.1. The van der Waals surface area contributed by atoms with Crippen LogP contribution in [0.2, 0.25) is 0 Å². The van der Waals surface area contributed by atoms with Gasteiger partial charge in [-0.05, 0) is 6.92 Å². The Morgan fingerprint density at radius 1 is 0.582 bits per heavy atom. The van der Waals surface area contributed by atoms with E-state index in [4.69, 9.17) is 52.5 Å². The summed E-state index contributed by atoms with van der Waals surface area (Å²) in [7, 11) is 2.50. The Labute approximate surface area is 315 Å². The summed E-state index contributed by atoms with van der Waals surface area (Å²) >= 11 is 0. The molecule has 0 aliphatic carbocycles. The molecule has 4 fully saturated rings. The van der Waals surface area contributed by atoms with Gasteiger partial charge in [0.25, 0.3) is 0 Å². The Morgan fingerprint density at radius 3 is 1.55 bits per heavy atom. The highest BCUT2D eigenvalue weighted by Gasteiger charge is 2.54. The van der Waals surface area contributed by atoms with E-state index in [-0.39, 0.29) is 6.61 Å². The minimum Gasteiger partial charge on any atom is -0.478 e. The van der Waals surface area contributed by atoms with Gasteiger partial charge in [0.1, 0.15) is 97.7 Å². The van der Waals surface area contributed by atoms with Gasteiger partial charge in [0.15, 0.2) is 18.9 Å². The van der Waals surface area contributed by atoms with Crippen LogP contribution in [-0.2, 0) is 52.2 Å². The van der Waals surface area contributed by atoms with Crippen LogP contribution < -0.4 is 0 Å². The van der Waals surface area contributed by atoms with E-state index in [1.807, 2.05) is 0 Å². The lowest BCUT2D eigenvalue weighted by Gasteiger charge is -2.49. The van der Waals surface area contributed by atoms with Crippen LogP contribution in [0.4, 0.5) is 0 Å². The molecule has 0 spiro atoms. The number of hydrogen-bond donors (Lipinski definition) is 12. The van der Waals surface area contributed by atoms with Gasteiger partial charge in [0, 0.05) is 20.3 Å². The van der Waals surface area contributed by atoms with Gasteiger partial charge in [-0.3, -0.25) is 0 Å². The fourth-order valence-electron chi connectivity index (χ4n) is 6.55. The highest BCUT2D eigenvalue weighted by molar-refractivity contribution is 5.78. The minimum atomic E-state index is -1.95. The largest absolute Gasteiger partial charge is 0.478 e. The first kappa shape index (κ1) is 47.7. The Bertz CT molecular complexity index is 1130. The molecular formula is C32H55O23. The lowest BCUT2D eigenvalue weighted by atomic mass is 9.94. The molecule has 0 amide bonds. The van der Waals surface area contributed by atoms with Gasteiger partial charge in [-0.2, -0.15) is 0 Å². The maximum Gasteiger partial charge on any atom is 0.328 e. The summed E-state index contributed by atoms with van der Waals surface area (Å²) in [5, 5.41) is 123. The van der Waals surface area contributed by atoms with Crippen molar-refractivity contribution in [3.63, 3.8) is 0 Å². The van der Waals surface area contributed by atoms with E-state index in [9.17, 15) is 61.0 Å². The third kappa shape index (κ3) is 11.5. The van der Waals surface area contributed by atoms with Gasteiger partial charge in [0.2, 0.25) is 0 Å². The number of ether oxygens (including phenoxy) is 10. The van der Waals surface area contributed by atoms with E-state index in [1.165, 1.54) is 21.1 Å². The minimum absolute atomic E-state index is 0.296. The molecule has 23 nitrogen and oxygen atoms in total. The van der Waals surface area contributed by atoms with E-state index in [1.54, 1.807) is 0 Å². The molecule has 4 heterocycles. The number of methoxy groups -OCH3 is 2. The number of carboxylic acids is 1. The highest BCUT2D eigenvalue weighted by Crippen LogP contribution is 2.34. The van der Waals surface area contributed by atoms with Crippen LogP contribution in [-0.4, -0.2) is 244 Å². The van der Waals surface area contributed by atoms with Crippen molar-refractivity contribution in [3.05, 3.63) is 12.7 Å². The molecule has 12 N–H and O–H groups in total. The molecule has 0 aromatic heterocycles. The second kappa shape index (κ2) is 22.5. The van der Waals surface area contributed by atoms with Gasteiger partial charge in [-0.25, -0.2) is 4.79 Å². The van der Waals surface area contributed by atoms with Crippen molar-refractivity contribution in [2.75, 3.05) is 53.9 Å². The van der Waals surface area contributed by atoms with Crippen molar-refractivity contribution in [2.24, 2.45) is 0 Å². The summed E-state index contributed by atoms with van der Waals surface area (Å²) in [4.78, 5) is 9.19. The first-order chi connectivity index (χ1) is 26.1. The normalized spacial score (nSPS) is 45.0. The fourth-order valence-corrected chi connectivity index (χ4v) is 6.55. The van der Waals surface area contributed by atoms with Gasteiger partial charge >= 0.3 is 5.97 Å². The summed E-state index contributed by atoms with van der Waals surface area (Å²) in [6.07, 6.45) is -28.8. The number of carboxylic acid groups (broad SMARTS) is 1. The molecule has 55 heavy (non-hydrogen) atoms. The molecule has 321 valence electrons. The molecular weight excluding hydrogens is 752 g/mol. The first-order valence-corrected chi connectivity index (χ1v) is 17.3. The maximum atomic E-state index is 11.4. The van der Waals surface area contributed by atoms with Crippen molar-refractivity contribution >= 4 is 5.97 Å². The van der Waals surface area contributed by atoms with E-state index in [0.29, 0.717) is 6.08 Å². The van der Waals surface area contributed by atoms with Crippen molar-refractivity contribution in [3.8, 4) is 0 Å². The second-order valence-corrected chi connectivity index (χ2v) is 13.0. The van der Waals surface area contributed by atoms with Crippen LogP contribution in [0.5, 0.6) is 0 Å². The van der Waals surface area contributed by atoms with Crippen molar-refractivity contribution < 1.29 is 113 Å². The lowest BCUT2D eigenvalue weighted by Crippen LogP contribution is -2.67. The number of rotatable bonds is 16.